The maximum atomic E-state index is 13.2. The number of rotatable bonds is 5. The Balaban J connectivity index is 1.47. The number of esters is 1. The average molecular weight is 443 g/mol. The van der Waals surface area contributed by atoms with Crippen LogP contribution in [-0.2, 0) is 26.0 Å². The molecule has 0 saturated carbocycles. The maximum Gasteiger partial charge on any atom is 0.338 e. The number of likely N-dealkylation sites (tertiary alicyclic amines) is 1. The van der Waals surface area contributed by atoms with Crippen LogP contribution < -0.4 is 4.31 Å². The van der Waals surface area contributed by atoms with Crippen LogP contribution in [0.4, 0.5) is 5.69 Å². The first-order valence-corrected chi connectivity index (χ1v) is 12.0. The first-order valence-electron chi connectivity index (χ1n) is 10.6. The van der Waals surface area contributed by atoms with Gasteiger partial charge in [-0.2, -0.15) is 0 Å². The number of hydrogen-bond acceptors (Lipinski definition) is 5. The van der Waals surface area contributed by atoms with Gasteiger partial charge in [0.05, 0.1) is 16.1 Å². The van der Waals surface area contributed by atoms with Crippen LogP contribution in [0.15, 0.2) is 53.4 Å². The van der Waals surface area contributed by atoms with Crippen LogP contribution in [0.1, 0.15) is 42.1 Å². The molecule has 0 bridgehead atoms. The van der Waals surface area contributed by atoms with Crippen molar-refractivity contribution < 1.29 is 22.7 Å². The number of benzene rings is 2. The molecule has 0 N–H and O–H groups in total. The summed E-state index contributed by atoms with van der Waals surface area (Å²) in [5, 5.41) is 0. The lowest BCUT2D eigenvalue weighted by Crippen LogP contribution is -2.44. The van der Waals surface area contributed by atoms with Crippen LogP contribution in [0, 0.1) is 0 Å². The van der Waals surface area contributed by atoms with Gasteiger partial charge in [0, 0.05) is 19.1 Å². The molecule has 164 valence electrons. The highest BCUT2D eigenvalue weighted by molar-refractivity contribution is 7.92. The summed E-state index contributed by atoms with van der Waals surface area (Å²) in [7, 11) is -3.81. The minimum atomic E-state index is -3.81. The molecule has 1 atom stereocenters. The molecule has 0 spiro atoms. The van der Waals surface area contributed by atoms with Crippen molar-refractivity contribution in [2.45, 2.75) is 43.5 Å². The number of amides is 1. The highest BCUT2D eigenvalue weighted by atomic mass is 32.2. The number of ether oxygens (including phenoxy) is 1. The summed E-state index contributed by atoms with van der Waals surface area (Å²) in [4.78, 5) is 26.7. The van der Waals surface area contributed by atoms with Crippen molar-refractivity contribution >= 4 is 27.6 Å². The van der Waals surface area contributed by atoms with Gasteiger partial charge in [-0.15, -0.1) is 0 Å². The van der Waals surface area contributed by atoms with Gasteiger partial charge in [0.25, 0.3) is 15.9 Å². The van der Waals surface area contributed by atoms with E-state index in [1.807, 2.05) is 19.1 Å². The van der Waals surface area contributed by atoms with Gasteiger partial charge in [-0.3, -0.25) is 9.10 Å². The second-order valence-electron chi connectivity index (χ2n) is 7.99. The van der Waals surface area contributed by atoms with E-state index in [1.165, 1.54) is 28.6 Å². The molecule has 7 nitrogen and oxygen atoms in total. The zero-order chi connectivity index (χ0) is 22.0. The highest BCUT2D eigenvalue weighted by Gasteiger charge is 2.31. The van der Waals surface area contributed by atoms with E-state index in [0.717, 1.165) is 24.8 Å². The van der Waals surface area contributed by atoms with E-state index in [4.69, 9.17) is 4.74 Å². The Hall–Kier alpha value is -2.87. The quantitative estimate of drug-likeness (QED) is 0.665. The highest BCUT2D eigenvalue weighted by Crippen LogP contribution is 2.32. The number of carbonyl (C=O) groups is 2. The molecule has 1 unspecified atom stereocenters. The van der Waals surface area contributed by atoms with Crippen LogP contribution in [0.5, 0.6) is 0 Å². The summed E-state index contributed by atoms with van der Waals surface area (Å²) in [6.45, 7) is 2.67. The minimum Gasteiger partial charge on any atom is -0.452 e. The summed E-state index contributed by atoms with van der Waals surface area (Å²) in [5.41, 5.74) is 1.75. The third-order valence-corrected chi connectivity index (χ3v) is 7.76. The molecule has 1 fully saturated rings. The Morgan fingerprint density at radius 3 is 2.68 bits per heavy atom. The monoisotopic (exact) mass is 442 g/mol. The summed E-state index contributed by atoms with van der Waals surface area (Å²) in [6.07, 6.45) is 3.63. The van der Waals surface area contributed by atoms with Crippen molar-refractivity contribution in [3.05, 3.63) is 59.7 Å². The van der Waals surface area contributed by atoms with Crippen LogP contribution in [0.25, 0.3) is 0 Å². The average Bonchev–Trinajstić information content (AvgIpc) is 3.23. The predicted octanol–water partition coefficient (Wildman–Crippen LogP) is 3.00. The van der Waals surface area contributed by atoms with Crippen molar-refractivity contribution in [1.82, 2.24) is 4.90 Å². The molecule has 0 aliphatic carbocycles. The lowest BCUT2D eigenvalue weighted by atomic mass is 10.0. The van der Waals surface area contributed by atoms with Gasteiger partial charge in [0.2, 0.25) is 0 Å². The normalized spacial score (nSPS) is 18.5. The SMILES string of the molecule is CC1CCCCN1C(=O)COC(=O)c1cccc(S(=O)(=O)N2CCc3ccccc32)c1. The first kappa shape index (κ1) is 21.4. The topological polar surface area (TPSA) is 84.0 Å². The van der Waals surface area contributed by atoms with Gasteiger partial charge < -0.3 is 9.64 Å². The molecule has 2 aromatic rings. The van der Waals surface area contributed by atoms with E-state index in [1.54, 1.807) is 17.0 Å². The molecule has 1 amide bonds. The molecule has 4 rings (SSSR count). The van der Waals surface area contributed by atoms with Crippen LogP contribution in [0.2, 0.25) is 0 Å². The molecule has 1 saturated heterocycles. The summed E-state index contributed by atoms with van der Waals surface area (Å²) in [6, 6.07) is 13.3. The third kappa shape index (κ3) is 4.30. The Bertz CT molecular complexity index is 1100. The van der Waals surface area contributed by atoms with E-state index in [0.29, 0.717) is 25.2 Å². The smallest absolute Gasteiger partial charge is 0.338 e. The second kappa shape index (κ2) is 8.70. The van der Waals surface area contributed by atoms with Crippen molar-refractivity contribution in [2.75, 3.05) is 24.0 Å². The number of piperidine rings is 1. The molecule has 2 heterocycles. The van der Waals surface area contributed by atoms with Crippen LogP contribution in [0.3, 0.4) is 0 Å². The molecule has 2 aliphatic heterocycles. The van der Waals surface area contributed by atoms with E-state index in [2.05, 4.69) is 0 Å². The van der Waals surface area contributed by atoms with Gasteiger partial charge in [0.15, 0.2) is 6.61 Å². The Kier molecular flexibility index (Phi) is 6.00. The molecule has 2 aliphatic rings. The van der Waals surface area contributed by atoms with E-state index in [9.17, 15) is 18.0 Å². The van der Waals surface area contributed by atoms with E-state index in [-0.39, 0.29) is 29.0 Å². The lowest BCUT2D eigenvalue weighted by molar-refractivity contribution is -0.137. The molecule has 8 heteroatoms. The van der Waals surface area contributed by atoms with Gasteiger partial charge in [-0.05, 0) is 62.4 Å². The molecule has 0 aromatic heterocycles. The second-order valence-corrected chi connectivity index (χ2v) is 9.85. The molecule has 31 heavy (non-hydrogen) atoms. The van der Waals surface area contributed by atoms with E-state index >= 15 is 0 Å². The summed E-state index contributed by atoms with van der Waals surface area (Å²) >= 11 is 0. The molecular weight excluding hydrogens is 416 g/mol. The fourth-order valence-electron chi connectivity index (χ4n) is 4.23. The number of para-hydroxylation sites is 1. The zero-order valence-electron chi connectivity index (χ0n) is 17.5. The van der Waals surface area contributed by atoms with Crippen molar-refractivity contribution in [2.24, 2.45) is 0 Å². The predicted molar refractivity (Wildman–Crippen MR) is 116 cm³/mol. The molecular formula is C23H26N2O5S. The summed E-state index contributed by atoms with van der Waals surface area (Å²) in [5.74, 6) is -0.935. The van der Waals surface area contributed by atoms with Crippen molar-refractivity contribution in [3.63, 3.8) is 0 Å². The standard InChI is InChI=1S/C23H26N2O5S/c1-17-7-4-5-13-24(17)22(26)16-30-23(27)19-9-6-10-20(15-19)31(28,29)25-14-12-18-8-2-3-11-21(18)25/h2-3,6,8-11,15,17H,4-5,7,12-14,16H2,1H3. The maximum absolute atomic E-state index is 13.2. The third-order valence-electron chi connectivity index (χ3n) is 5.95. The molecule has 0 radical (unpaired) electrons. The number of fused-ring (bicyclic) bond motifs is 1. The number of anilines is 1. The first-order chi connectivity index (χ1) is 14.9. The Labute approximate surface area is 182 Å². The summed E-state index contributed by atoms with van der Waals surface area (Å²) < 4.78 is 33.0. The van der Waals surface area contributed by atoms with Gasteiger partial charge >= 0.3 is 5.97 Å². The number of carbonyl (C=O) groups excluding carboxylic acids is 2. The van der Waals surface area contributed by atoms with Crippen LogP contribution >= 0.6 is 0 Å². The van der Waals surface area contributed by atoms with Crippen molar-refractivity contribution in [3.8, 4) is 0 Å². The van der Waals surface area contributed by atoms with Crippen LogP contribution in [-0.4, -0.2) is 50.9 Å². The van der Waals surface area contributed by atoms with Gasteiger partial charge in [0.1, 0.15) is 0 Å². The van der Waals surface area contributed by atoms with E-state index < -0.39 is 16.0 Å². The number of hydrogen-bond donors (Lipinski definition) is 0. The molecule has 2 aromatic carbocycles. The fourth-order valence-corrected chi connectivity index (χ4v) is 5.78. The number of nitrogens with zero attached hydrogens (tertiary/aromatic N) is 2. The Morgan fingerprint density at radius 2 is 1.87 bits per heavy atom. The lowest BCUT2D eigenvalue weighted by Gasteiger charge is -2.33. The van der Waals surface area contributed by atoms with Crippen molar-refractivity contribution in [1.29, 1.82) is 0 Å². The fraction of sp³-hybridized carbons (Fsp3) is 0.391. The minimum absolute atomic E-state index is 0.0228. The van der Waals surface area contributed by atoms with Gasteiger partial charge in [-0.25, -0.2) is 13.2 Å². The Morgan fingerprint density at radius 1 is 1.06 bits per heavy atom. The number of sulfonamides is 1. The largest absolute Gasteiger partial charge is 0.452 e. The van der Waals surface area contributed by atoms with Gasteiger partial charge in [-0.1, -0.05) is 24.3 Å². The zero-order valence-corrected chi connectivity index (χ0v) is 18.3.